The lowest BCUT2D eigenvalue weighted by Crippen LogP contribution is -2.67. The number of ether oxygens (including phenoxy) is 2. The van der Waals surface area contributed by atoms with Crippen molar-refractivity contribution in [1.29, 1.82) is 0 Å². The third-order valence-corrected chi connectivity index (χ3v) is 8.43. The summed E-state index contributed by atoms with van der Waals surface area (Å²) >= 11 is 0. The van der Waals surface area contributed by atoms with Crippen LogP contribution in [0.15, 0.2) is 17.1 Å². The van der Waals surface area contributed by atoms with Gasteiger partial charge in [0.25, 0.3) is 5.34 Å². The monoisotopic (exact) mass is 598 g/mol. The molecule has 2 fully saturated rings. The molecule has 19 nitrogen and oxygen atoms in total. The molecule has 1 aromatic heterocycles. The summed E-state index contributed by atoms with van der Waals surface area (Å²) in [6, 6.07) is -0.394. The SMILES string of the molecule is CC(=O)N[C@H]1C([C@H](O)[C@H](O)CO)O[C@](C(=O)O)(P(=O)(O)OC[C@H]2O[C@@H](n3ccc(N)nc3=O)C(O)[C@H]2O)C[C@H]1O. The topological polar surface area (TPSA) is 314 Å². The van der Waals surface area contributed by atoms with Crippen LogP contribution in [0.4, 0.5) is 5.82 Å². The fourth-order valence-electron chi connectivity index (χ4n) is 4.43. The van der Waals surface area contributed by atoms with Gasteiger partial charge in [0.1, 0.15) is 42.4 Å². The molecule has 3 rings (SSSR count). The van der Waals surface area contributed by atoms with Crippen molar-refractivity contribution in [2.24, 2.45) is 0 Å². The van der Waals surface area contributed by atoms with E-state index in [0.29, 0.717) is 0 Å². The van der Waals surface area contributed by atoms with E-state index >= 15 is 0 Å². The Morgan fingerprint density at radius 3 is 2.52 bits per heavy atom. The average Bonchev–Trinajstić information content (AvgIpc) is 3.15. The van der Waals surface area contributed by atoms with Crippen LogP contribution in [0.5, 0.6) is 0 Å². The van der Waals surface area contributed by atoms with Crippen LogP contribution < -0.4 is 16.7 Å². The quantitative estimate of drug-likeness (QED) is 0.112. The second-order valence-electron chi connectivity index (χ2n) is 9.32. The number of carboxylic acid groups (broad SMARTS) is 1. The fourth-order valence-corrected chi connectivity index (χ4v) is 5.91. The zero-order valence-electron chi connectivity index (χ0n) is 20.8. The van der Waals surface area contributed by atoms with Crippen molar-refractivity contribution >= 4 is 25.3 Å². The Morgan fingerprint density at radius 2 is 1.98 bits per heavy atom. The second-order valence-corrected chi connectivity index (χ2v) is 11.3. The van der Waals surface area contributed by atoms with E-state index in [0.717, 1.165) is 17.7 Å². The first-order valence-corrected chi connectivity index (χ1v) is 13.3. The number of rotatable bonds is 10. The highest BCUT2D eigenvalue weighted by Crippen LogP contribution is 2.61. The maximum absolute atomic E-state index is 13.4. The Kier molecular flexibility index (Phi) is 9.70. The van der Waals surface area contributed by atoms with Gasteiger partial charge in [-0.15, -0.1) is 0 Å². The van der Waals surface area contributed by atoms with Gasteiger partial charge in [-0.25, -0.2) is 9.59 Å². The van der Waals surface area contributed by atoms with E-state index < -0.39 is 105 Å². The van der Waals surface area contributed by atoms with Gasteiger partial charge in [-0.05, 0) is 6.07 Å². The minimum absolute atomic E-state index is 0.139. The second kappa shape index (κ2) is 12.1. The molecule has 3 heterocycles. The van der Waals surface area contributed by atoms with Crippen molar-refractivity contribution in [3.8, 4) is 0 Å². The van der Waals surface area contributed by atoms with Crippen LogP contribution in [0.1, 0.15) is 19.6 Å². The fraction of sp³-hybridized carbons (Fsp3) is 0.700. The number of carbonyl (C=O) groups excluding carboxylic acids is 1. The molecular weight excluding hydrogens is 567 g/mol. The number of aliphatic hydroxyl groups is 6. The maximum atomic E-state index is 13.4. The largest absolute Gasteiger partial charge is 0.479 e. The van der Waals surface area contributed by atoms with Crippen molar-refractivity contribution < 1.29 is 68.8 Å². The van der Waals surface area contributed by atoms with Crippen molar-refractivity contribution in [1.82, 2.24) is 14.9 Å². The number of carbonyl (C=O) groups is 2. The Labute approximate surface area is 224 Å². The molecule has 0 spiro atoms. The highest BCUT2D eigenvalue weighted by atomic mass is 31.2. The van der Waals surface area contributed by atoms with Crippen LogP contribution in [0.2, 0.25) is 0 Å². The summed E-state index contributed by atoms with van der Waals surface area (Å²) in [6.07, 6.45) is -14.9. The third-order valence-electron chi connectivity index (χ3n) is 6.54. The Bertz CT molecular complexity index is 1200. The van der Waals surface area contributed by atoms with Gasteiger partial charge in [0, 0.05) is 19.5 Å². The molecule has 2 saturated heterocycles. The minimum Gasteiger partial charge on any atom is -0.479 e. The third kappa shape index (κ3) is 6.04. The first-order valence-electron chi connectivity index (χ1n) is 11.7. The van der Waals surface area contributed by atoms with Gasteiger partial charge in [0.15, 0.2) is 6.23 Å². The van der Waals surface area contributed by atoms with Crippen LogP contribution in [0, 0.1) is 0 Å². The summed E-state index contributed by atoms with van der Waals surface area (Å²) < 4.78 is 29.8. The molecule has 0 saturated carbocycles. The number of aliphatic hydroxyl groups excluding tert-OH is 6. The predicted molar refractivity (Wildman–Crippen MR) is 127 cm³/mol. The maximum Gasteiger partial charge on any atom is 0.371 e. The predicted octanol–water partition coefficient (Wildman–Crippen LogP) is -5.20. The highest BCUT2D eigenvalue weighted by Gasteiger charge is 2.65. The summed E-state index contributed by atoms with van der Waals surface area (Å²) in [6.45, 7) is -1.10. The molecule has 2 aliphatic rings. The van der Waals surface area contributed by atoms with Crippen LogP contribution in [-0.4, -0.2) is 129 Å². The van der Waals surface area contributed by atoms with Crippen molar-refractivity contribution in [2.75, 3.05) is 18.9 Å². The van der Waals surface area contributed by atoms with Crippen molar-refractivity contribution in [3.63, 3.8) is 0 Å². The number of aliphatic carboxylic acids is 1. The number of nitrogens with one attached hydrogen (secondary N) is 1. The van der Waals surface area contributed by atoms with Crippen molar-refractivity contribution in [2.45, 2.75) is 73.7 Å². The Hall–Kier alpha value is -2.55. The molecule has 226 valence electrons. The molecule has 1 amide bonds. The zero-order chi connectivity index (χ0) is 30.2. The van der Waals surface area contributed by atoms with Crippen LogP contribution in [-0.2, 0) is 28.2 Å². The normalized spacial score (nSPS) is 35.5. The van der Waals surface area contributed by atoms with E-state index in [1.807, 2.05) is 0 Å². The molecule has 2 aliphatic heterocycles. The van der Waals surface area contributed by atoms with Crippen LogP contribution >= 0.6 is 7.60 Å². The smallest absolute Gasteiger partial charge is 0.371 e. The first kappa shape index (κ1) is 32.0. The molecule has 40 heavy (non-hydrogen) atoms. The molecule has 0 radical (unpaired) electrons. The van der Waals surface area contributed by atoms with E-state index in [2.05, 4.69) is 10.3 Å². The molecule has 20 heteroatoms. The number of amides is 1. The van der Waals surface area contributed by atoms with Gasteiger partial charge in [-0.3, -0.25) is 13.9 Å². The summed E-state index contributed by atoms with van der Waals surface area (Å²) in [5, 5.41) is 69.8. The van der Waals surface area contributed by atoms with Gasteiger partial charge in [0.05, 0.1) is 25.4 Å². The average molecular weight is 598 g/mol. The van der Waals surface area contributed by atoms with Crippen molar-refractivity contribution in [3.05, 3.63) is 22.7 Å². The molecule has 0 aromatic carbocycles. The number of aromatic nitrogens is 2. The van der Waals surface area contributed by atoms with Crippen LogP contribution in [0.3, 0.4) is 0 Å². The Balaban J connectivity index is 1.87. The van der Waals surface area contributed by atoms with E-state index in [1.54, 1.807) is 0 Å². The lowest BCUT2D eigenvalue weighted by Gasteiger charge is -2.47. The lowest BCUT2D eigenvalue weighted by molar-refractivity contribution is -0.212. The molecule has 11 atom stereocenters. The number of anilines is 1. The van der Waals surface area contributed by atoms with Gasteiger partial charge >= 0.3 is 19.3 Å². The Morgan fingerprint density at radius 1 is 1.32 bits per heavy atom. The van der Waals surface area contributed by atoms with Gasteiger partial charge in [-0.1, -0.05) is 0 Å². The van der Waals surface area contributed by atoms with Gasteiger partial charge < -0.3 is 65.7 Å². The van der Waals surface area contributed by atoms with E-state index in [-0.39, 0.29) is 5.82 Å². The van der Waals surface area contributed by atoms with Gasteiger partial charge in [0.2, 0.25) is 5.91 Å². The lowest BCUT2D eigenvalue weighted by atomic mass is 9.89. The number of hydrogen-bond acceptors (Lipinski definition) is 15. The first-order chi connectivity index (χ1) is 18.6. The summed E-state index contributed by atoms with van der Waals surface area (Å²) in [7, 11) is -5.60. The number of nitrogen functional groups attached to an aromatic ring is 1. The molecule has 3 unspecified atom stereocenters. The standard InChI is InChI=1S/C20H31N4O15P/c1-7(26)22-12-8(27)4-20(18(32)33,39-16(12)13(29)9(28)5-25)40(35,36)37-6-10-14(30)15(31)17(38-10)24-3-2-11(21)23-19(24)34/h2-3,8-10,12-17,25,27-31H,4-6H2,1H3,(H,22,26)(H,32,33)(H,35,36)(H2,21,23,34)/t8-,9-,10-,12-,13-,14+,15?,16?,17-,20+/m1/s1. The van der Waals surface area contributed by atoms with E-state index in [1.165, 1.54) is 6.07 Å². The number of nitrogens with zero attached hydrogens (tertiary/aromatic N) is 2. The number of carboxylic acids is 1. The van der Waals surface area contributed by atoms with E-state index in [9.17, 15) is 59.6 Å². The molecule has 1 aromatic rings. The molecular formula is C20H31N4O15P. The van der Waals surface area contributed by atoms with Crippen LogP contribution in [0.25, 0.3) is 0 Å². The minimum atomic E-state index is -5.60. The summed E-state index contributed by atoms with van der Waals surface area (Å²) in [4.78, 5) is 50.3. The molecule has 0 aliphatic carbocycles. The number of hydrogen-bond donors (Lipinski definition) is 10. The zero-order valence-corrected chi connectivity index (χ0v) is 21.7. The summed E-state index contributed by atoms with van der Waals surface area (Å²) in [5.41, 5.74) is 4.46. The molecule has 0 bridgehead atoms. The number of nitrogens with two attached hydrogens (primary N) is 1. The van der Waals surface area contributed by atoms with E-state index in [4.69, 9.17) is 19.7 Å². The summed E-state index contributed by atoms with van der Waals surface area (Å²) in [5.74, 6) is -3.05. The molecule has 11 N–H and O–H groups in total. The highest BCUT2D eigenvalue weighted by molar-refractivity contribution is 7.55. The van der Waals surface area contributed by atoms with Gasteiger partial charge in [-0.2, -0.15) is 4.98 Å².